The van der Waals surface area contributed by atoms with Crippen molar-refractivity contribution in [1.29, 1.82) is 0 Å². The molecule has 0 fully saturated rings. The van der Waals surface area contributed by atoms with Crippen LogP contribution in [-0.2, 0) is 4.57 Å². The van der Waals surface area contributed by atoms with Crippen LogP contribution in [0.2, 0.25) is 0 Å². The van der Waals surface area contributed by atoms with Gasteiger partial charge in [0, 0.05) is 23.0 Å². The summed E-state index contributed by atoms with van der Waals surface area (Å²) < 4.78 is 30.9. The van der Waals surface area contributed by atoms with Crippen molar-refractivity contribution in [3.8, 4) is 17.2 Å². The molecule has 0 saturated heterocycles. The molecule has 3 aromatic carbocycles. The normalized spacial score (nSPS) is 12.6. The maximum absolute atomic E-state index is 14.8. The standard InChI is InChI=1S/C27H29O6P/c1-16-13-17(2)19(4)24(18(16)3)26(28)34(30,21-11-9-8-10-12-21)27(29)25-22(32-6)14-20(31-5)15-23(25)33-7/h8-15H,1-7H3. The Labute approximate surface area is 200 Å². The van der Waals surface area contributed by atoms with Crippen molar-refractivity contribution in [2.45, 2.75) is 27.7 Å². The van der Waals surface area contributed by atoms with Crippen LogP contribution >= 0.6 is 7.14 Å². The zero-order valence-corrected chi connectivity index (χ0v) is 21.4. The number of hydrogen-bond acceptors (Lipinski definition) is 6. The van der Waals surface area contributed by atoms with E-state index in [4.69, 9.17) is 14.2 Å². The summed E-state index contributed by atoms with van der Waals surface area (Å²) in [5.74, 6) is 0.616. The lowest BCUT2D eigenvalue weighted by atomic mass is 9.95. The molecule has 0 aromatic heterocycles. The van der Waals surface area contributed by atoms with E-state index in [1.54, 1.807) is 30.3 Å². The van der Waals surface area contributed by atoms with E-state index in [0.29, 0.717) is 22.4 Å². The molecule has 3 rings (SSSR count). The summed E-state index contributed by atoms with van der Waals surface area (Å²) >= 11 is 0. The van der Waals surface area contributed by atoms with Gasteiger partial charge in [-0.2, -0.15) is 0 Å². The van der Waals surface area contributed by atoms with E-state index in [1.165, 1.54) is 33.5 Å². The molecule has 0 aliphatic heterocycles. The van der Waals surface area contributed by atoms with Gasteiger partial charge in [-0.05, 0) is 49.9 Å². The maximum Gasteiger partial charge on any atom is 0.249 e. The Balaban J connectivity index is 2.38. The van der Waals surface area contributed by atoms with Crippen LogP contribution in [0.5, 0.6) is 17.2 Å². The lowest BCUT2D eigenvalue weighted by molar-refractivity contribution is 0.103. The molecule has 0 heterocycles. The number of aryl methyl sites for hydroxylation is 2. The van der Waals surface area contributed by atoms with Gasteiger partial charge in [0.05, 0.1) is 21.3 Å². The molecule has 0 spiro atoms. The molecule has 0 N–H and O–H groups in total. The van der Waals surface area contributed by atoms with E-state index in [9.17, 15) is 14.2 Å². The highest BCUT2D eigenvalue weighted by Crippen LogP contribution is 2.55. The predicted octanol–water partition coefficient (Wildman–Crippen LogP) is 5.62. The monoisotopic (exact) mass is 480 g/mol. The molecule has 0 aliphatic rings. The van der Waals surface area contributed by atoms with Crippen LogP contribution < -0.4 is 19.5 Å². The Morgan fingerprint density at radius 2 is 1.15 bits per heavy atom. The number of carbonyl (C=O) groups excluding carboxylic acids is 2. The number of rotatable bonds is 8. The first-order chi connectivity index (χ1) is 16.1. The summed E-state index contributed by atoms with van der Waals surface area (Å²) in [5, 5.41) is 0.155. The average molecular weight is 480 g/mol. The number of methoxy groups -OCH3 is 3. The van der Waals surface area contributed by atoms with E-state index in [1.807, 2.05) is 33.8 Å². The number of ether oxygens (including phenoxy) is 3. The summed E-state index contributed by atoms with van der Waals surface area (Å²) in [6.07, 6.45) is 0. The zero-order valence-electron chi connectivity index (χ0n) is 20.5. The van der Waals surface area contributed by atoms with Gasteiger partial charge in [-0.3, -0.25) is 9.59 Å². The van der Waals surface area contributed by atoms with Gasteiger partial charge in [-0.1, -0.05) is 36.4 Å². The molecule has 34 heavy (non-hydrogen) atoms. The Morgan fingerprint density at radius 3 is 1.59 bits per heavy atom. The number of benzene rings is 3. The molecule has 0 aliphatic carbocycles. The van der Waals surface area contributed by atoms with Gasteiger partial charge >= 0.3 is 0 Å². The van der Waals surface area contributed by atoms with Crippen LogP contribution in [0.3, 0.4) is 0 Å². The third kappa shape index (κ3) is 4.14. The van der Waals surface area contributed by atoms with Gasteiger partial charge in [0.1, 0.15) is 22.8 Å². The van der Waals surface area contributed by atoms with Crippen molar-refractivity contribution in [2.24, 2.45) is 0 Å². The molecule has 0 amide bonds. The van der Waals surface area contributed by atoms with Gasteiger partial charge in [-0.25, -0.2) is 0 Å². The van der Waals surface area contributed by atoms with Crippen molar-refractivity contribution in [3.63, 3.8) is 0 Å². The highest BCUT2D eigenvalue weighted by molar-refractivity contribution is 8.01. The van der Waals surface area contributed by atoms with Crippen LogP contribution in [0.25, 0.3) is 0 Å². The molecule has 7 heteroatoms. The molecule has 1 unspecified atom stereocenters. The molecule has 0 bridgehead atoms. The number of carbonyl (C=O) groups is 2. The van der Waals surface area contributed by atoms with Gasteiger partial charge in [0.2, 0.25) is 18.2 Å². The SMILES string of the molecule is COc1cc(OC)c(C(=O)P(=O)(C(=O)c2c(C)c(C)cc(C)c2C)c2ccccc2)c(OC)c1. The first-order valence-corrected chi connectivity index (χ1v) is 12.4. The molecule has 6 nitrogen and oxygen atoms in total. The highest BCUT2D eigenvalue weighted by Gasteiger charge is 2.46. The van der Waals surface area contributed by atoms with E-state index < -0.39 is 18.2 Å². The van der Waals surface area contributed by atoms with E-state index in [2.05, 4.69) is 0 Å². The van der Waals surface area contributed by atoms with Crippen molar-refractivity contribution in [1.82, 2.24) is 0 Å². The Bertz CT molecular complexity index is 1260. The largest absolute Gasteiger partial charge is 0.496 e. The summed E-state index contributed by atoms with van der Waals surface area (Å²) in [5.41, 5.74) is 1.87. The predicted molar refractivity (Wildman–Crippen MR) is 134 cm³/mol. The van der Waals surface area contributed by atoms with Crippen molar-refractivity contribution >= 4 is 23.5 Å². The average Bonchev–Trinajstić information content (AvgIpc) is 2.86. The van der Waals surface area contributed by atoms with E-state index >= 15 is 0 Å². The van der Waals surface area contributed by atoms with Crippen LogP contribution in [0.1, 0.15) is 43.0 Å². The second-order valence-corrected chi connectivity index (χ2v) is 10.6. The molecule has 0 radical (unpaired) electrons. The van der Waals surface area contributed by atoms with Gasteiger partial charge in [0.15, 0.2) is 0 Å². The quantitative estimate of drug-likeness (QED) is 0.390. The highest BCUT2D eigenvalue weighted by atomic mass is 31.2. The van der Waals surface area contributed by atoms with Crippen LogP contribution in [0, 0.1) is 27.7 Å². The van der Waals surface area contributed by atoms with Crippen LogP contribution in [0.15, 0.2) is 48.5 Å². The van der Waals surface area contributed by atoms with Crippen molar-refractivity contribution < 1.29 is 28.4 Å². The fourth-order valence-electron chi connectivity index (χ4n) is 4.03. The minimum Gasteiger partial charge on any atom is -0.496 e. The van der Waals surface area contributed by atoms with Gasteiger partial charge < -0.3 is 18.8 Å². The summed E-state index contributed by atoms with van der Waals surface area (Å²) in [6.45, 7) is 7.40. The zero-order chi connectivity index (χ0) is 25.2. The minimum absolute atomic E-state index is 0.0639. The fraction of sp³-hybridized carbons (Fsp3) is 0.259. The third-order valence-corrected chi connectivity index (χ3v) is 8.82. The lowest BCUT2D eigenvalue weighted by Gasteiger charge is -2.22. The Morgan fingerprint density at radius 1 is 0.676 bits per heavy atom. The molecular weight excluding hydrogens is 451 g/mol. The summed E-state index contributed by atoms with van der Waals surface area (Å²) in [6, 6.07) is 13.1. The minimum atomic E-state index is -4.37. The van der Waals surface area contributed by atoms with Gasteiger partial charge in [-0.15, -0.1) is 0 Å². The molecule has 1 atom stereocenters. The molecule has 178 valence electrons. The summed E-state index contributed by atoms with van der Waals surface area (Å²) in [7, 11) is -0.127. The maximum atomic E-state index is 14.8. The van der Waals surface area contributed by atoms with Crippen molar-refractivity contribution in [3.05, 3.63) is 81.9 Å². The van der Waals surface area contributed by atoms with Crippen LogP contribution in [0.4, 0.5) is 0 Å². The smallest absolute Gasteiger partial charge is 0.249 e. The summed E-state index contributed by atoms with van der Waals surface area (Å²) in [4.78, 5) is 28.3. The topological polar surface area (TPSA) is 78.9 Å². The number of hydrogen-bond donors (Lipinski definition) is 0. The second kappa shape index (κ2) is 9.86. The third-order valence-electron chi connectivity index (χ3n) is 6.20. The molecule has 3 aromatic rings. The molecule has 0 saturated carbocycles. The Hall–Kier alpha value is -3.37. The second-order valence-electron chi connectivity index (χ2n) is 8.10. The molecular formula is C27H29O6P. The lowest BCUT2D eigenvalue weighted by Crippen LogP contribution is -2.23. The van der Waals surface area contributed by atoms with E-state index in [0.717, 1.165) is 11.1 Å². The van der Waals surface area contributed by atoms with E-state index in [-0.39, 0.29) is 22.4 Å². The first kappa shape index (κ1) is 25.3. The van der Waals surface area contributed by atoms with Gasteiger partial charge in [0.25, 0.3) is 0 Å². The van der Waals surface area contributed by atoms with Crippen LogP contribution in [-0.4, -0.2) is 32.4 Å². The fourth-order valence-corrected chi connectivity index (χ4v) is 6.46. The Kier molecular flexibility index (Phi) is 7.32. The first-order valence-electron chi connectivity index (χ1n) is 10.7. The van der Waals surface area contributed by atoms with Crippen molar-refractivity contribution in [2.75, 3.05) is 21.3 Å².